The van der Waals surface area contributed by atoms with Crippen LogP contribution in [-0.2, 0) is 27.8 Å². The first-order valence-corrected chi connectivity index (χ1v) is 10.5. The van der Waals surface area contributed by atoms with E-state index in [0.717, 1.165) is 11.1 Å². The van der Waals surface area contributed by atoms with Crippen LogP contribution in [0.3, 0.4) is 0 Å². The Morgan fingerprint density at radius 1 is 1.00 bits per heavy atom. The van der Waals surface area contributed by atoms with Crippen LogP contribution in [0.15, 0.2) is 59.5 Å². The molecule has 1 amide bonds. The second-order valence-corrected chi connectivity index (χ2v) is 8.19. The average Bonchev–Trinajstić information content (AvgIpc) is 2.68. The lowest BCUT2D eigenvalue weighted by atomic mass is 10.1. The molecule has 0 heterocycles. The largest absolute Gasteiger partial charge is 0.351 e. The molecule has 0 bridgehead atoms. The Kier molecular flexibility index (Phi) is 7.53. The summed E-state index contributed by atoms with van der Waals surface area (Å²) in [6, 6.07) is 15.5. The zero-order chi connectivity index (χ0) is 19.9. The molecule has 0 saturated heterocycles. The molecule has 7 heteroatoms. The van der Waals surface area contributed by atoms with Gasteiger partial charge in [0.25, 0.3) is 0 Å². The lowest BCUT2D eigenvalue weighted by Crippen LogP contribution is -2.41. The summed E-state index contributed by atoms with van der Waals surface area (Å²) < 4.78 is 26.4. The van der Waals surface area contributed by atoms with E-state index in [1.54, 1.807) is 24.3 Å². The Morgan fingerprint density at radius 3 is 2.15 bits per heavy atom. The molecule has 0 saturated carbocycles. The van der Waals surface area contributed by atoms with E-state index in [-0.39, 0.29) is 10.8 Å². The lowest BCUT2D eigenvalue weighted by Gasteiger charge is -2.18. The van der Waals surface area contributed by atoms with Gasteiger partial charge in [0.05, 0.1) is 10.9 Å². The van der Waals surface area contributed by atoms with Gasteiger partial charge in [-0.15, -0.1) is 0 Å². The molecule has 3 N–H and O–H groups in total. The summed E-state index contributed by atoms with van der Waals surface area (Å²) in [6.45, 7) is 4.77. The van der Waals surface area contributed by atoms with Crippen molar-refractivity contribution in [3.05, 3.63) is 65.7 Å². The first-order valence-electron chi connectivity index (χ1n) is 9.04. The second kappa shape index (κ2) is 9.64. The number of carbonyl (C=O) groups is 1. The number of nitrogens with zero attached hydrogens (tertiary/aromatic N) is 1. The number of nitrogens with one attached hydrogen (secondary N) is 1. The normalized spacial score (nSPS) is 12.7. The smallest absolute Gasteiger partial charge is 0.243 e. The third kappa shape index (κ3) is 5.63. The number of rotatable bonds is 9. The van der Waals surface area contributed by atoms with Gasteiger partial charge in [0, 0.05) is 19.6 Å². The quantitative estimate of drug-likeness (QED) is 0.685. The summed E-state index contributed by atoms with van der Waals surface area (Å²) in [7, 11) is -3.47. The van der Waals surface area contributed by atoms with Crippen LogP contribution in [0.2, 0.25) is 0 Å². The number of benzene rings is 2. The fraction of sp³-hybridized carbons (Fsp3) is 0.350. The topological polar surface area (TPSA) is 92.5 Å². The molecule has 27 heavy (non-hydrogen) atoms. The third-order valence-corrected chi connectivity index (χ3v) is 6.43. The maximum absolute atomic E-state index is 12.5. The lowest BCUT2D eigenvalue weighted by molar-refractivity contribution is -0.122. The Balaban J connectivity index is 1.94. The van der Waals surface area contributed by atoms with Crippen molar-refractivity contribution in [2.24, 2.45) is 5.73 Å². The molecule has 146 valence electrons. The van der Waals surface area contributed by atoms with Gasteiger partial charge >= 0.3 is 0 Å². The standard InChI is InChI=1S/C20H27N3O3S/c1-3-23(4-2)27(25,26)18-12-10-17(11-13-18)15-22-20(24)19(21)14-16-8-6-5-7-9-16/h5-13,19H,3-4,14-15,21H2,1-2H3,(H,22,24). The zero-order valence-electron chi connectivity index (χ0n) is 15.8. The number of carbonyl (C=O) groups excluding carboxylic acids is 1. The molecule has 0 aliphatic heterocycles. The minimum atomic E-state index is -3.47. The molecule has 0 spiro atoms. The van der Waals surface area contributed by atoms with E-state index >= 15 is 0 Å². The highest BCUT2D eigenvalue weighted by Gasteiger charge is 2.21. The highest BCUT2D eigenvalue weighted by Crippen LogP contribution is 2.16. The molecule has 2 rings (SSSR count). The van der Waals surface area contributed by atoms with E-state index in [4.69, 9.17) is 5.73 Å². The van der Waals surface area contributed by atoms with Crippen LogP contribution in [0.25, 0.3) is 0 Å². The summed E-state index contributed by atoms with van der Waals surface area (Å²) in [5, 5.41) is 2.80. The molecule has 6 nitrogen and oxygen atoms in total. The first-order chi connectivity index (χ1) is 12.9. The van der Waals surface area contributed by atoms with Crippen molar-refractivity contribution < 1.29 is 13.2 Å². The van der Waals surface area contributed by atoms with Gasteiger partial charge in [-0.05, 0) is 29.7 Å². The Hall–Kier alpha value is -2.22. The Bertz CT molecular complexity index is 833. The van der Waals surface area contributed by atoms with Gasteiger partial charge in [-0.2, -0.15) is 4.31 Å². The Morgan fingerprint density at radius 2 is 1.59 bits per heavy atom. The Labute approximate surface area is 161 Å². The second-order valence-electron chi connectivity index (χ2n) is 6.25. The van der Waals surface area contributed by atoms with Gasteiger partial charge in [-0.1, -0.05) is 56.3 Å². The number of nitrogens with two attached hydrogens (primary N) is 1. The van der Waals surface area contributed by atoms with Crippen LogP contribution in [0, 0.1) is 0 Å². The van der Waals surface area contributed by atoms with Crippen molar-refractivity contribution in [3.8, 4) is 0 Å². The summed E-state index contributed by atoms with van der Waals surface area (Å²) in [5.41, 5.74) is 7.78. The summed E-state index contributed by atoms with van der Waals surface area (Å²) in [6.07, 6.45) is 0.466. The van der Waals surface area contributed by atoms with Crippen LogP contribution in [0.5, 0.6) is 0 Å². The van der Waals surface area contributed by atoms with Crippen LogP contribution < -0.4 is 11.1 Å². The molecule has 0 aromatic heterocycles. The number of amides is 1. The van der Waals surface area contributed by atoms with E-state index in [1.165, 1.54) is 4.31 Å². The van der Waals surface area contributed by atoms with E-state index in [9.17, 15) is 13.2 Å². The maximum Gasteiger partial charge on any atom is 0.243 e. The van der Waals surface area contributed by atoms with Gasteiger partial charge in [-0.25, -0.2) is 8.42 Å². The van der Waals surface area contributed by atoms with Crippen LogP contribution in [-0.4, -0.2) is 37.8 Å². The van der Waals surface area contributed by atoms with Crippen molar-refractivity contribution in [1.29, 1.82) is 0 Å². The molecule has 1 unspecified atom stereocenters. The summed E-state index contributed by atoms with van der Waals surface area (Å²) in [4.78, 5) is 12.4. The monoisotopic (exact) mass is 389 g/mol. The zero-order valence-corrected chi connectivity index (χ0v) is 16.6. The van der Waals surface area contributed by atoms with Crippen molar-refractivity contribution in [3.63, 3.8) is 0 Å². The van der Waals surface area contributed by atoms with Crippen molar-refractivity contribution in [2.45, 2.75) is 37.8 Å². The van der Waals surface area contributed by atoms with Gasteiger partial charge in [0.1, 0.15) is 0 Å². The minimum absolute atomic E-state index is 0.237. The number of hydrogen-bond acceptors (Lipinski definition) is 4. The molecule has 2 aromatic carbocycles. The number of hydrogen-bond donors (Lipinski definition) is 2. The van der Waals surface area contributed by atoms with Crippen LogP contribution in [0.1, 0.15) is 25.0 Å². The minimum Gasteiger partial charge on any atom is -0.351 e. The molecule has 0 aliphatic carbocycles. The average molecular weight is 390 g/mol. The maximum atomic E-state index is 12.5. The third-order valence-electron chi connectivity index (χ3n) is 4.37. The molecule has 1 atom stereocenters. The predicted molar refractivity (Wildman–Crippen MR) is 107 cm³/mol. The van der Waals surface area contributed by atoms with Gasteiger partial charge in [0.15, 0.2) is 0 Å². The van der Waals surface area contributed by atoms with Crippen molar-refractivity contribution >= 4 is 15.9 Å². The van der Waals surface area contributed by atoms with E-state index in [1.807, 2.05) is 44.2 Å². The highest BCUT2D eigenvalue weighted by atomic mass is 32.2. The van der Waals surface area contributed by atoms with E-state index in [0.29, 0.717) is 26.1 Å². The summed E-state index contributed by atoms with van der Waals surface area (Å²) >= 11 is 0. The predicted octanol–water partition coefficient (Wildman–Crippen LogP) is 1.90. The van der Waals surface area contributed by atoms with E-state index < -0.39 is 16.1 Å². The number of sulfonamides is 1. The van der Waals surface area contributed by atoms with Crippen molar-refractivity contribution in [1.82, 2.24) is 9.62 Å². The SMILES string of the molecule is CCN(CC)S(=O)(=O)c1ccc(CNC(=O)C(N)Cc2ccccc2)cc1. The highest BCUT2D eigenvalue weighted by molar-refractivity contribution is 7.89. The van der Waals surface area contributed by atoms with Gasteiger partial charge in [-0.3, -0.25) is 4.79 Å². The fourth-order valence-corrected chi connectivity index (χ4v) is 4.23. The first kappa shape index (κ1) is 21.1. The molecular formula is C20H27N3O3S. The van der Waals surface area contributed by atoms with E-state index in [2.05, 4.69) is 5.32 Å². The van der Waals surface area contributed by atoms with Crippen molar-refractivity contribution in [2.75, 3.05) is 13.1 Å². The van der Waals surface area contributed by atoms with Gasteiger partial charge in [0.2, 0.25) is 15.9 Å². The molecule has 0 fully saturated rings. The molecule has 2 aromatic rings. The van der Waals surface area contributed by atoms with Gasteiger partial charge < -0.3 is 11.1 Å². The summed E-state index contributed by atoms with van der Waals surface area (Å²) in [5.74, 6) is -0.237. The molecular weight excluding hydrogens is 362 g/mol. The van der Waals surface area contributed by atoms with Crippen LogP contribution in [0.4, 0.5) is 0 Å². The fourth-order valence-electron chi connectivity index (χ4n) is 2.77. The van der Waals surface area contributed by atoms with Crippen LogP contribution >= 0.6 is 0 Å². The molecule has 0 aliphatic rings. The molecule has 0 radical (unpaired) electrons.